The summed E-state index contributed by atoms with van der Waals surface area (Å²) in [4.78, 5) is 14.1. The Balaban J connectivity index is 2.43. The molecule has 0 bridgehead atoms. The number of nitrogens with zero attached hydrogens (tertiary/aromatic N) is 1. The van der Waals surface area contributed by atoms with E-state index in [0.29, 0.717) is 6.54 Å². The number of hydrogen-bond acceptors (Lipinski definition) is 3. The zero-order chi connectivity index (χ0) is 14.3. The second-order valence-electron chi connectivity index (χ2n) is 6.27. The lowest BCUT2D eigenvalue weighted by atomic mass is 9.75. The largest absolute Gasteiger partial charge is 0.353 e. The van der Waals surface area contributed by atoms with Crippen LogP contribution in [-0.2, 0) is 4.79 Å². The van der Waals surface area contributed by atoms with Gasteiger partial charge in [-0.25, -0.2) is 0 Å². The summed E-state index contributed by atoms with van der Waals surface area (Å²) in [6.45, 7) is 6.55. The monoisotopic (exact) mass is 269 g/mol. The molecule has 1 amide bonds. The van der Waals surface area contributed by atoms with Crippen LogP contribution in [0.3, 0.4) is 0 Å². The molecule has 2 N–H and O–H groups in total. The number of carbonyl (C=O) groups is 1. The highest BCUT2D eigenvalue weighted by atomic mass is 16.1. The molecule has 0 spiro atoms. The molecule has 0 aromatic carbocycles. The third-order valence-corrected chi connectivity index (χ3v) is 4.34. The molecule has 4 heteroatoms. The van der Waals surface area contributed by atoms with Crippen molar-refractivity contribution in [3.8, 4) is 0 Å². The van der Waals surface area contributed by atoms with Gasteiger partial charge in [0.1, 0.15) is 0 Å². The second kappa shape index (κ2) is 7.85. The number of likely N-dealkylation sites (N-methyl/N-ethyl adjacent to an activating group) is 1. The third-order valence-electron chi connectivity index (χ3n) is 4.34. The van der Waals surface area contributed by atoms with Crippen LogP contribution in [-0.4, -0.2) is 50.1 Å². The van der Waals surface area contributed by atoms with Crippen LogP contribution in [0, 0.1) is 5.92 Å². The van der Waals surface area contributed by atoms with E-state index in [2.05, 4.69) is 43.5 Å². The first kappa shape index (κ1) is 16.4. The van der Waals surface area contributed by atoms with Crippen molar-refractivity contribution in [1.29, 1.82) is 0 Å². The summed E-state index contributed by atoms with van der Waals surface area (Å²) >= 11 is 0. The molecule has 1 rings (SSSR count). The summed E-state index contributed by atoms with van der Waals surface area (Å²) in [5.74, 6) is 0.874. The molecule has 0 aromatic heterocycles. The summed E-state index contributed by atoms with van der Waals surface area (Å²) in [7, 11) is 4.28. The number of nitrogens with one attached hydrogen (secondary N) is 2. The summed E-state index contributed by atoms with van der Waals surface area (Å²) in [5.41, 5.74) is 0.151. The van der Waals surface area contributed by atoms with Gasteiger partial charge in [-0.1, -0.05) is 26.7 Å². The van der Waals surface area contributed by atoms with Crippen LogP contribution in [0.2, 0.25) is 0 Å². The summed E-state index contributed by atoms with van der Waals surface area (Å²) in [6, 6.07) is 0. The van der Waals surface area contributed by atoms with Crippen molar-refractivity contribution in [3.05, 3.63) is 0 Å². The van der Waals surface area contributed by atoms with Crippen LogP contribution in [0.5, 0.6) is 0 Å². The number of amides is 1. The minimum atomic E-state index is 0.118. The Morgan fingerprint density at radius 3 is 2.74 bits per heavy atom. The SMILES string of the molecule is CCCNCC(=O)NCC1(N(C)C)CCCC(C)C1. The molecule has 0 radical (unpaired) electrons. The van der Waals surface area contributed by atoms with Crippen LogP contribution in [0.25, 0.3) is 0 Å². The topological polar surface area (TPSA) is 44.4 Å². The average molecular weight is 269 g/mol. The van der Waals surface area contributed by atoms with E-state index in [-0.39, 0.29) is 11.4 Å². The molecule has 1 fully saturated rings. The molecule has 19 heavy (non-hydrogen) atoms. The van der Waals surface area contributed by atoms with Crippen molar-refractivity contribution in [2.75, 3.05) is 33.7 Å². The van der Waals surface area contributed by atoms with Crippen LogP contribution < -0.4 is 10.6 Å². The lowest BCUT2D eigenvalue weighted by Crippen LogP contribution is -2.55. The molecule has 0 aromatic rings. The fraction of sp³-hybridized carbons (Fsp3) is 0.933. The van der Waals surface area contributed by atoms with Gasteiger partial charge in [-0.3, -0.25) is 4.79 Å². The van der Waals surface area contributed by atoms with Gasteiger partial charge in [0.25, 0.3) is 0 Å². The van der Waals surface area contributed by atoms with E-state index in [1.165, 1.54) is 25.7 Å². The average Bonchev–Trinajstić information content (AvgIpc) is 2.36. The Morgan fingerprint density at radius 1 is 1.42 bits per heavy atom. The van der Waals surface area contributed by atoms with Gasteiger partial charge >= 0.3 is 0 Å². The summed E-state index contributed by atoms with van der Waals surface area (Å²) in [5, 5.41) is 6.26. The van der Waals surface area contributed by atoms with Crippen molar-refractivity contribution in [2.24, 2.45) is 5.92 Å². The molecular formula is C15H31N3O. The van der Waals surface area contributed by atoms with Crippen molar-refractivity contribution in [1.82, 2.24) is 15.5 Å². The van der Waals surface area contributed by atoms with Crippen LogP contribution in [0.15, 0.2) is 0 Å². The van der Waals surface area contributed by atoms with E-state index in [1.54, 1.807) is 0 Å². The van der Waals surface area contributed by atoms with E-state index >= 15 is 0 Å². The number of carbonyl (C=O) groups excluding carboxylic acids is 1. The molecule has 2 unspecified atom stereocenters. The zero-order valence-corrected chi connectivity index (χ0v) is 13.1. The van der Waals surface area contributed by atoms with Gasteiger partial charge in [0.2, 0.25) is 5.91 Å². The lowest BCUT2D eigenvalue weighted by molar-refractivity contribution is -0.121. The Hall–Kier alpha value is -0.610. The minimum absolute atomic E-state index is 0.118. The number of rotatable bonds is 7. The van der Waals surface area contributed by atoms with Gasteiger partial charge in [0.05, 0.1) is 6.54 Å². The standard InChI is InChI=1S/C15H31N3O/c1-5-9-16-11-14(19)17-12-15(18(3)4)8-6-7-13(2)10-15/h13,16H,5-12H2,1-4H3,(H,17,19). The Morgan fingerprint density at radius 2 is 2.16 bits per heavy atom. The summed E-state index contributed by atoms with van der Waals surface area (Å²) < 4.78 is 0. The highest BCUT2D eigenvalue weighted by Gasteiger charge is 2.36. The normalized spacial score (nSPS) is 27.5. The molecule has 0 saturated heterocycles. The van der Waals surface area contributed by atoms with E-state index in [0.717, 1.165) is 25.4 Å². The van der Waals surface area contributed by atoms with Gasteiger partial charge in [-0.15, -0.1) is 0 Å². The first-order chi connectivity index (χ1) is 9.00. The Kier molecular flexibility index (Phi) is 6.80. The van der Waals surface area contributed by atoms with Gasteiger partial charge in [-0.2, -0.15) is 0 Å². The first-order valence-electron chi connectivity index (χ1n) is 7.65. The molecule has 1 aliphatic rings. The van der Waals surface area contributed by atoms with Crippen molar-refractivity contribution >= 4 is 5.91 Å². The molecule has 1 aliphatic carbocycles. The zero-order valence-electron chi connectivity index (χ0n) is 13.1. The maximum absolute atomic E-state index is 11.8. The lowest BCUT2D eigenvalue weighted by Gasteiger charge is -2.45. The predicted molar refractivity (Wildman–Crippen MR) is 80.2 cm³/mol. The fourth-order valence-corrected chi connectivity index (χ4v) is 3.06. The summed E-state index contributed by atoms with van der Waals surface area (Å²) in [6.07, 6.45) is 6.02. The van der Waals surface area contributed by atoms with E-state index in [4.69, 9.17) is 0 Å². The molecule has 4 nitrogen and oxygen atoms in total. The molecule has 1 saturated carbocycles. The Bertz CT molecular complexity index is 281. The molecular weight excluding hydrogens is 238 g/mol. The minimum Gasteiger partial charge on any atom is -0.353 e. The quantitative estimate of drug-likeness (QED) is 0.690. The van der Waals surface area contributed by atoms with Gasteiger partial charge in [0.15, 0.2) is 0 Å². The maximum Gasteiger partial charge on any atom is 0.234 e. The van der Waals surface area contributed by atoms with E-state index < -0.39 is 0 Å². The Labute approximate surface area is 118 Å². The highest BCUT2D eigenvalue weighted by Crippen LogP contribution is 2.35. The van der Waals surface area contributed by atoms with Crippen LogP contribution in [0.4, 0.5) is 0 Å². The number of hydrogen-bond donors (Lipinski definition) is 2. The maximum atomic E-state index is 11.8. The molecule has 0 aliphatic heterocycles. The van der Waals surface area contributed by atoms with Crippen molar-refractivity contribution in [2.45, 2.75) is 51.5 Å². The molecule has 0 heterocycles. The molecule has 2 atom stereocenters. The van der Waals surface area contributed by atoms with Crippen molar-refractivity contribution < 1.29 is 4.79 Å². The van der Waals surface area contributed by atoms with Gasteiger partial charge in [-0.05, 0) is 45.8 Å². The third kappa shape index (κ3) is 5.11. The van der Waals surface area contributed by atoms with Crippen LogP contribution in [0.1, 0.15) is 46.0 Å². The predicted octanol–water partition coefficient (Wildman–Crippen LogP) is 1.61. The van der Waals surface area contributed by atoms with Gasteiger partial charge < -0.3 is 15.5 Å². The second-order valence-corrected chi connectivity index (χ2v) is 6.27. The highest BCUT2D eigenvalue weighted by molar-refractivity contribution is 5.78. The molecule has 112 valence electrons. The smallest absolute Gasteiger partial charge is 0.234 e. The fourth-order valence-electron chi connectivity index (χ4n) is 3.06. The van der Waals surface area contributed by atoms with Crippen LogP contribution >= 0.6 is 0 Å². The first-order valence-corrected chi connectivity index (χ1v) is 7.65. The van der Waals surface area contributed by atoms with E-state index in [9.17, 15) is 4.79 Å². The van der Waals surface area contributed by atoms with Gasteiger partial charge in [0, 0.05) is 12.1 Å². The van der Waals surface area contributed by atoms with Crippen molar-refractivity contribution in [3.63, 3.8) is 0 Å². The van der Waals surface area contributed by atoms with E-state index in [1.807, 2.05) is 0 Å².